The fourth-order valence-electron chi connectivity index (χ4n) is 3.78. The van der Waals surface area contributed by atoms with Crippen LogP contribution in [0.15, 0.2) is 60.1 Å². The van der Waals surface area contributed by atoms with E-state index in [1.54, 1.807) is 17.8 Å². The van der Waals surface area contributed by atoms with Crippen LogP contribution in [-0.4, -0.2) is 45.1 Å². The van der Waals surface area contributed by atoms with Crippen molar-refractivity contribution in [1.29, 1.82) is 0 Å². The molecule has 1 aromatic carbocycles. The van der Waals surface area contributed by atoms with Crippen LogP contribution in [0.1, 0.15) is 46.4 Å². The van der Waals surface area contributed by atoms with Crippen molar-refractivity contribution in [3.63, 3.8) is 0 Å². The third kappa shape index (κ3) is 6.07. The van der Waals surface area contributed by atoms with E-state index in [0.29, 0.717) is 37.0 Å². The summed E-state index contributed by atoms with van der Waals surface area (Å²) in [6, 6.07) is 8.39. The van der Waals surface area contributed by atoms with Crippen LogP contribution in [0.25, 0.3) is 0 Å². The van der Waals surface area contributed by atoms with Gasteiger partial charge >= 0.3 is 0 Å². The Bertz CT molecular complexity index is 1160. The van der Waals surface area contributed by atoms with E-state index in [2.05, 4.69) is 25.6 Å². The van der Waals surface area contributed by atoms with E-state index >= 15 is 0 Å². The Morgan fingerprint density at radius 3 is 2.35 bits per heavy atom. The Hall–Kier alpha value is -3.53. The smallest absolute Gasteiger partial charge is 0.257 e. The van der Waals surface area contributed by atoms with Gasteiger partial charge in [0.15, 0.2) is 0 Å². The summed E-state index contributed by atoms with van der Waals surface area (Å²) in [5.74, 6) is -0.724. The highest BCUT2D eigenvalue weighted by atomic mass is 32.2. The number of thioether (sulfide) groups is 1. The number of nitrogens with zero attached hydrogens (tertiary/aromatic N) is 3. The van der Waals surface area contributed by atoms with Crippen LogP contribution in [0.5, 0.6) is 11.6 Å². The first-order valence-corrected chi connectivity index (χ1v) is 12.1. The molecule has 0 radical (unpaired) electrons. The number of hydrogen-bond donors (Lipinski definition) is 2. The number of amides is 2. The molecular weight excluding hydrogens is 457 g/mol. The van der Waals surface area contributed by atoms with Gasteiger partial charge in [0, 0.05) is 29.4 Å². The van der Waals surface area contributed by atoms with E-state index in [1.807, 2.05) is 24.5 Å². The maximum atomic E-state index is 13.9. The molecule has 2 N–H and O–H groups in total. The first-order chi connectivity index (χ1) is 16.5. The molecule has 0 atom stereocenters. The predicted molar refractivity (Wildman–Crippen MR) is 126 cm³/mol. The summed E-state index contributed by atoms with van der Waals surface area (Å²) in [5, 5.41) is 5.94. The molecule has 3 aromatic rings. The molecule has 0 aliphatic heterocycles. The van der Waals surface area contributed by atoms with Gasteiger partial charge in [-0.1, -0.05) is 6.07 Å². The maximum absolute atomic E-state index is 13.9. The van der Waals surface area contributed by atoms with Crippen LogP contribution in [-0.2, 0) is 0 Å². The van der Waals surface area contributed by atoms with E-state index in [4.69, 9.17) is 4.74 Å². The molecule has 2 heterocycles. The average Bonchev–Trinajstić information content (AvgIpc) is 2.87. The molecular formula is C24H24FN5O3S. The van der Waals surface area contributed by atoms with Gasteiger partial charge in [-0.15, -0.1) is 11.8 Å². The molecule has 10 heteroatoms. The topological polar surface area (TPSA) is 106 Å². The predicted octanol–water partition coefficient (Wildman–Crippen LogP) is 4.00. The summed E-state index contributed by atoms with van der Waals surface area (Å²) in [4.78, 5) is 38.0. The van der Waals surface area contributed by atoms with Gasteiger partial charge in [-0.05, 0) is 56.2 Å². The average molecular weight is 482 g/mol. The molecule has 8 nitrogen and oxygen atoms in total. The summed E-state index contributed by atoms with van der Waals surface area (Å²) < 4.78 is 19.7. The lowest BCUT2D eigenvalue weighted by molar-refractivity contribution is 0.0889. The molecule has 1 fully saturated rings. The first-order valence-electron chi connectivity index (χ1n) is 10.9. The number of benzene rings is 1. The molecule has 34 heavy (non-hydrogen) atoms. The first kappa shape index (κ1) is 23.6. The number of rotatable bonds is 7. The van der Waals surface area contributed by atoms with Crippen molar-refractivity contribution >= 4 is 23.6 Å². The third-order valence-corrected chi connectivity index (χ3v) is 6.26. The van der Waals surface area contributed by atoms with Gasteiger partial charge in [0.1, 0.15) is 23.5 Å². The van der Waals surface area contributed by atoms with Crippen molar-refractivity contribution in [3.8, 4) is 11.6 Å². The fraction of sp³-hybridized carbons (Fsp3) is 0.292. The molecule has 1 aliphatic carbocycles. The van der Waals surface area contributed by atoms with Crippen molar-refractivity contribution in [2.45, 2.75) is 42.7 Å². The minimum Gasteiger partial charge on any atom is -0.438 e. The Morgan fingerprint density at radius 2 is 1.68 bits per heavy atom. The fourth-order valence-corrected chi connectivity index (χ4v) is 4.23. The highest BCUT2D eigenvalue weighted by Gasteiger charge is 2.26. The van der Waals surface area contributed by atoms with Crippen LogP contribution < -0.4 is 15.4 Å². The van der Waals surface area contributed by atoms with Gasteiger partial charge in [0.2, 0.25) is 5.88 Å². The van der Waals surface area contributed by atoms with E-state index in [-0.39, 0.29) is 29.4 Å². The SMILES string of the molecule is CSc1cccc(Oc2ncc(F)cc2C(=O)NC2CCC(NC(=O)c3cncnc3)CC2)c1. The summed E-state index contributed by atoms with van der Waals surface area (Å²) in [6.45, 7) is 0. The Morgan fingerprint density at radius 1 is 1.00 bits per heavy atom. The number of nitrogens with one attached hydrogen (secondary N) is 2. The lowest BCUT2D eigenvalue weighted by Crippen LogP contribution is -2.44. The number of ether oxygens (including phenoxy) is 1. The maximum Gasteiger partial charge on any atom is 0.257 e. The van der Waals surface area contributed by atoms with Crippen LogP contribution in [0.2, 0.25) is 0 Å². The van der Waals surface area contributed by atoms with Crippen molar-refractivity contribution in [2.75, 3.05) is 6.26 Å². The van der Waals surface area contributed by atoms with Gasteiger partial charge in [0.25, 0.3) is 11.8 Å². The minimum atomic E-state index is -0.619. The molecule has 0 spiro atoms. The lowest BCUT2D eigenvalue weighted by Gasteiger charge is -2.29. The number of pyridine rings is 1. The second kappa shape index (κ2) is 11.1. The van der Waals surface area contributed by atoms with Crippen LogP contribution in [0, 0.1) is 5.82 Å². The van der Waals surface area contributed by atoms with Crippen molar-refractivity contribution < 1.29 is 18.7 Å². The molecule has 1 saturated carbocycles. The monoisotopic (exact) mass is 481 g/mol. The molecule has 176 valence electrons. The number of halogens is 1. The quantitative estimate of drug-likeness (QED) is 0.492. The second-order valence-electron chi connectivity index (χ2n) is 7.91. The van der Waals surface area contributed by atoms with Crippen molar-refractivity contribution in [1.82, 2.24) is 25.6 Å². The zero-order valence-corrected chi connectivity index (χ0v) is 19.3. The van der Waals surface area contributed by atoms with E-state index in [0.717, 1.165) is 17.2 Å². The van der Waals surface area contributed by atoms with Gasteiger partial charge in [0.05, 0.1) is 11.8 Å². The van der Waals surface area contributed by atoms with Crippen LogP contribution >= 0.6 is 11.8 Å². The highest BCUT2D eigenvalue weighted by Crippen LogP contribution is 2.28. The summed E-state index contributed by atoms with van der Waals surface area (Å²) >= 11 is 1.56. The van der Waals surface area contributed by atoms with Crippen LogP contribution in [0.3, 0.4) is 0 Å². The number of carbonyl (C=O) groups excluding carboxylic acids is 2. The number of hydrogen-bond acceptors (Lipinski definition) is 7. The van der Waals surface area contributed by atoms with Gasteiger partial charge in [-0.2, -0.15) is 0 Å². The van der Waals surface area contributed by atoms with E-state index < -0.39 is 11.7 Å². The Labute approximate surface area is 200 Å². The molecule has 4 rings (SSSR count). The third-order valence-electron chi connectivity index (χ3n) is 5.54. The van der Waals surface area contributed by atoms with E-state index in [9.17, 15) is 14.0 Å². The van der Waals surface area contributed by atoms with Crippen molar-refractivity contribution in [2.24, 2.45) is 0 Å². The summed E-state index contributed by atoms with van der Waals surface area (Å²) in [6.07, 6.45) is 10.0. The van der Waals surface area contributed by atoms with Gasteiger partial charge in [-0.25, -0.2) is 19.3 Å². The largest absolute Gasteiger partial charge is 0.438 e. The zero-order chi connectivity index (χ0) is 23.9. The minimum absolute atomic E-state index is 0.000647. The standard InChI is InChI=1S/C24H24FN5O3S/c1-34-20-4-2-3-19(10-20)33-24-21(9-16(25)13-28-24)23(32)30-18-7-5-17(6-8-18)29-22(31)15-11-26-14-27-12-15/h2-4,9-14,17-18H,5-8H2,1H3,(H,29,31)(H,30,32). The summed E-state index contributed by atoms with van der Waals surface area (Å²) in [7, 11) is 0. The lowest BCUT2D eigenvalue weighted by atomic mass is 9.91. The number of aromatic nitrogens is 3. The Kier molecular flexibility index (Phi) is 7.69. The summed E-state index contributed by atoms with van der Waals surface area (Å²) in [5.41, 5.74) is 0.446. The molecule has 0 unspecified atom stereocenters. The zero-order valence-electron chi connectivity index (χ0n) is 18.5. The van der Waals surface area contributed by atoms with Gasteiger partial charge in [-0.3, -0.25) is 9.59 Å². The van der Waals surface area contributed by atoms with E-state index in [1.165, 1.54) is 18.7 Å². The molecule has 0 saturated heterocycles. The van der Waals surface area contributed by atoms with Crippen molar-refractivity contribution in [3.05, 3.63) is 72.2 Å². The molecule has 2 amide bonds. The molecule has 0 bridgehead atoms. The Balaban J connectivity index is 1.36. The van der Waals surface area contributed by atoms with Gasteiger partial charge < -0.3 is 15.4 Å². The number of carbonyl (C=O) groups is 2. The molecule has 1 aliphatic rings. The van der Waals surface area contributed by atoms with Crippen LogP contribution in [0.4, 0.5) is 4.39 Å². The normalized spacial score (nSPS) is 17.6. The highest BCUT2D eigenvalue weighted by molar-refractivity contribution is 7.98. The molecule has 2 aromatic heterocycles. The second-order valence-corrected chi connectivity index (χ2v) is 8.79.